The fourth-order valence-electron chi connectivity index (χ4n) is 3.99. The molecule has 5 rings (SSSR count). The number of hydrogen-bond acceptors (Lipinski definition) is 5. The van der Waals surface area contributed by atoms with Gasteiger partial charge < -0.3 is 9.47 Å². The molecule has 3 heterocycles. The normalized spacial score (nSPS) is 18.0. The van der Waals surface area contributed by atoms with Crippen LogP contribution in [0.3, 0.4) is 0 Å². The van der Waals surface area contributed by atoms with Crippen LogP contribution in [0.2, 0.25) is 0 Å². The van der Waals surface area contributed by atoms with E-state index in [1.165, 1.54) is 24.2 Å². The molecule has 1 aromatic carbocycles. The van der Waals surface area contributed by atoms with Gasteiger partial charge in [-0.05, 0) is 37.3 Å². The van der Waals surface area contributed by atoms with Crippen LogP contribution in [0.25, 0.3) is 0 Å². The van der Waals surface area contributed by atoms with Crippen LogP contribution in [0, 0.1) is 0 Å². The van der Waals surface area contributed by atoms with Crippen LogP contribution in [-0.2, 0) is 6.54 Å². The second-order valence-corrected chi connectivity index (χ2v) is 7.57. The minimum Gasteiger partial charge on any atom is -0.341 e. The van der Waals surface area contributed by atoms with Gasteiger partial charge in [0, 0.05) is 37.3 Å². The van der Waals surface area contributed by atoms with Crippen LogP contribution < -0.4 is 4.90 Å². The summed E-state index contributed by atoms with van der Waals surface area (Å²) in [6.07, 6.45) is 8.25. The summed E-state index contributed by atoms with van der Waals surface area (Å²) in [5, 5.41) is 9.26. The van der Waals surface area contributed by atoms with Crippen molar-refractivity contribution in [3.8, 4) is 0 Å². The highest BCUT2D eigenvalue weighted by Gasteiger charge is 2.33. The van der Waals surface area contributed by atoms with Gasteiger partial charge in [-0.2, -0.15) is 0 Å². The summed E-state index contributed by atoms with van der Waals surface area (Å²) in [6, 6.07) is 12.5. The van der Waals surface area contributed by atoms with Gasteiger partial charge >= 0.3 is 0 Å². The van der Waals surface area contributed by atoms with Crippen molar-refractivity contribution in [3.05, 3.63) is 66.0 Å². The molecule has 138 valence electrons. The molecule has 0 N–H and O–H groups in total. The smallest absolute Gasteiger partial charge is 0.225 e. The van der Waals surface area contributed by atoms with Crippen LogP contribution in [0.15, 0.2) is 48.8 Å². The lowest BCUT2D eigenvalue weighted by molar-refractivity contribution is 0.463. The number of hydrogen-bond donors (Lipinski definition) is 0. The van der Waals surface area contributed by atoms with E-state index < -0.39 is 0 Å². The summed E-state index contributed by atoms with van der Waals surface area (Å²) in [6.45, 7) is 2.80. The van der Waals surface area contributed by atoms with E-state index in [1.807, 2.05) is 18.5 Å². The first-order valence-electron chi connectivity index (χ1n) is 9.87. The molecule has 27 heavy (non-hydrogen) atoms. The quantitative estimate of drug-likeness (QED) is 0.698. The third-order valence-electron chi connectivity index (χ3n) is 5.63. The Labute approximate surface area is 159 Å². The predicted octanol–water partition coefficient (Wildman–Crippen LogP) is 3.38. The Bertz CT molecular complexity index is 880. The van der Waals surface area contributed by atoms with Crippen molar-refractivity contribution < 1.29 is 0 Å². The zero-order chi connectivity index (χ0) is 18.1. The number of nitrogens with zero attached hydrogens (tertiary/aromatic N) is 6. The van der Waals surface area contributed by atoms with E-state index in [9.17, 15) is 0 Å². The zero-order valence-corrected chi connectivity index (χ0v) is 15.4. The number of aromatic nitrogens is 5. The van der Waals surface area contributed by atoms with Crippen molar-refractivity contribution >= 4 is 5.95 Å². The fraction of sp³-hybridized carbons (Fsp3) is 0.429. The van der Waals surface area contributed by atoms with E-state index in [2.05, 4.69) is 60.0 Å². The molecular formula is C21H24N6. The van der Waals surface area contributed by atoms with E-state index in [4.69, 9.17) is 0 Å². The van der Waals surface area contributed by atoms with Gasteiger partial charge in [0.25, 0.3) is 0 Å². The molecule has 6 nitrogen and oxygen atoms in total. The Morgan fingerprint density at radius 2 is 1.41 bits per heavy atom. The molecule has 3 aromatic rings. The summed E-state index contributed by atoms with van der Waals surface area (Å²) in [4.78, 5) is 11.1. The molecule has 1 saturated carbocycles. The second-order valence-electron chi connectivity index (χ2n) is 7.57. The molecule has 0 spiro atoms. The van der Waals surface area contributed by atoms with Crippen molar-refractivity contribution in [1.29, 1.82) is 0 Å². The summed E-state index contributed by atoms with van der Waals surface area (Å²) >= 11 is 0. The van der Waals surface area contributed by atoms with Crippen molar-refractivity contribution in [1.82, 2.24) is 24.7 Å². The molecule has 1 aliphatic heterocycles. The Kier molecular flexibility index (Phi) is 4.32. The predicted molar refractivity (Wildman–Crippen MR) is 104 cm³/mol. The van der Waals surface area contributed by atoms with Crippen molar-refractivity contribution in [3.63, 3.8) is 0 Å². The maximum Gasteiger partial charge on any atom is 0.225 e. The first-order chi connectivity index (χ1) is 13.4. The summed E-state index contributed by atoms with van der Waals surface area (Å²) in [5.41, 5.74) is 1.32. The summed E-state index contributed by atoms with van der Waals surface area (Å²) in [5.74, 6) is 4.24. The zero-order valence-electron chi connectivity index (χ0n) is 15.4. The fourth-order valence-corrected chi connectivity index (χ4v) is 3.99. The van der Waals surface area contributed by atoms with E-state index in [0.717, 1.165) is 44.2 Å². The molecule has 1 saturated heterocycles. The van der Waals surface area contributed by atoms with Gasteiger partial charge in [-0.3, -0.25) is 0 Å². The molecule has 2 aromatic heterocycles. The average molecular weight is 360 g/mol. The number of benzene rings is 1. The van der Waals surface area contributed by atoms with Crippen molar-refractivity contribution in [2.24, 2.45) is 0 Å². The van der Waals surface area contributed by atoms with Gasteiger partial charge in [-0.15, -0.1) is 10.2 Å². The van der Waals surface area contributed by atoms with Gasteiger partial charge in [-0.25, -0.2) is 9.97 Å². The molecule has 0 unspecified atom stereocenters. The number of piperidine rings is 1. The van der Waals surface area contributed by atoms with Gasteiger partial charge in [0.1, 0.15) is 11.6 Å². The molecule has 2 fully saturated rings. The minimum absolute atomic E-state index is 0.452. The van der Waals surface area contributed by atoms with Crippen LogP contribution >= 0.6 is 0 Å². The average Bonchev–Trinajstić information content (AvgIpc) is 3.50. The lowest BCUT2D eigenvalue weighted by Gasteiger charge is -2.31. The van der Waals surface area contributed by atoms with Gasteiger partial charge in [-0.1, -0.05) is 30.3 Å². The molecule has 1 aliphatic carbocycles. The van der Waals surface area contributed by atoms with Crippen molar-refractivity contribution in [2.45, 2.75) is 44.1 Å². The highest BCUT2D eigenvalue weighted by atomic mass is 15.3. The molecule has 0 bridgehead atoms. The maximum absolute atomic E-state index is 4.66. The largest absolute Gasteiger partial charge is 0.341 e. The minimum atomic E-state index is 0.452. The van der Waals surface area contributed by atoms with Crippen LogP contribution in [-0.4, -0.2) is 37.8 Å². The lowest BCUT2D eigenvalue weighted by atomic mass is 9.96. The third kappa shape index (κ3) is 3.44. The molecule has 6 heteroatoms. The molecule has 0 radical (unpaired) electrons. The van der Waals surface area contributed by atoms with E-state index in [0.29, 0.717) is 11.8 Å². The Balaban J connectivity index is 1.36. The van der Waals surface area contributed by atoms with Crippen LogP contribution in [0.5, 0.6) is 0 Å². The Morgan fingerprint density at radius 1 is 0.778 bits per heavy atom. The van der Waals surface area contributed by atoms with Crippen LogP contribution in [0.1, 0.15) is 54.7 Å². The Hall–Kier alpha value is -2.76. The van der Waals surface area contributed by atoms with Crippen LogP contribution in [0.4, 0.5) is 5.95 Å². The summed E-state index contributed by atoms with van der Waals surface area (Å²) in [7, 11) is 0. The molecule has 2 aliphatic rings. The third-order valence-corrected chi connectivity index (χ3v) is 5.63. The Morgan fingerprint density at radius 3 is 2.04 bits per heavy atom. The second kappa shape index (κ2) is 7.10. The SMILES string of the molecule is c1ccc(Cn2c(C3CC3)nnc2C2CCN(c3ncccn3)CC2)cc1. The number of anilines is 1. The van der Waals surface area contributed by atoms with Crippen molar-refractivity contribution in [2.75, 3.05) is 18.0 Å². The standard InChI is InChI=1S/C21H24N6/c1-2-5-16(6-3-1)15-27-19(17-7-8-17)24-25-20(27)18-9-13-26(14-10-18)21-22-11-4-12-23-21/h1-6,11-12,17-18H,7-10,13-15H2. The van der Waals surface area contributed by atoms with E-state index in [1.54, 1.807) is 0 Å². The highest BCUT2D eigenvalue weighted by molar-refractivity contribution is 5.30. The topological polar surface area (TPSA) is 59.7 Å². The highest BCUT2D eigenvalue weighted by Crippen LogP contribution is 2.40. The van der Waals surface area contributed by atoms with Gasteiger partial charge in [0.2, 0.25) is 5.95 Å². The number of rotatable bonds is 5. The van der Waals surface area contributed by atoms with E-state index >= 15 is 0 Å². The molecule has 0 amide bonds. The molecular weight excluding hydrogens is 336 g/mol. The first-order valence-corrected chi connectivity index (χ1v) is 9.87. The monoisotopic (exact) mass is 360 g/mol. The summed E-state index contributed by atoms with van der Waals surface area (Å²) < 4.78 is 2.40. The first kappa shape index (κ1) is 16.4. The molecule has 0 atom stereocenters. The lowest BCUT2D eigenvalue weighted by Crippen LogP contribution is -2.34. The maximum atomic E-state index is 4.66. The van der Waals surface area contributed by atoms with E-state index in [-0.39, 0.29) is 0 Å². The van der Waals surface area contributed by atoms with Gasteiger partial charge in [0.05, 0.1) is 6.54 Å². The van der Waals surface area contributed by atoms with Gasteiger partial charge in [0.15, 0.2) is 0 Å².